The highest BCUT2D eigenvalue weighted by Gasteiger charge is 2.24. The minimum absolute atomic E-state index is 0.00648. The fourth-order valence-corrected chi connectivity index (χ4v) is 8.07. The third kappa shape index (κ3) is 9.01. The zero-order valence-corrected chi connectivity index (χ0v) is 31.3. The number of nitriles is 1. The van der Waals surface area contributed by atoms with Gasteiger partial charge >= 0.3 is 0 Å². The van der Waals surface area contributed by atoms with Crippen LogP contribution >= 0.6 is 0 Å². The summed E-state index contributed by atoms with van der Waals surface area (Å²) in [4.78, 5) is 2.60. The van der Waals surface area contributed by atoms with Crippen LogP contribution in [0.25, 0.3) is 27.5 Å². The summed E-state index contributed by atoms with van der Waals surface area (Å²) in [7, 11) is -18.8. The quantitative estimate of drug-likeness (QED) is 0.0580. The molecule has 292 valence electrons. The van der Waals surface area contributed by atoms with Gasteiger partial charge < -0.3 is 20.8 Å². The van der Waals surface area contributed by atoms with E-state index in [2.05, 4.69) is 36.0 Å². The first-order valence-corrected chi connectivity index (χ1v) is 21.5. The highest BCUT2D eigenvalue weighted by Crippen LogP contribution is 2.37. The van der Waals surface area contributed by atoms with Gasteiger partial charge in [-0.05, 0) is 43.3 Å². The van der Waals surface area contributed by atoms with E-state index in [1.54, 1.807) is 0 Å². The van der Waals surface area contributed by atoms with E-state index in [1.165, 1.54) is 25.1 Å². The number of aromatic nitrogens is 4. The third-order valence-corrected chi connectivity index (χ3v) is 12.0. The molecular weight excluding hydrogens is 811 g/mol. The zero-order valence-electron chi connectivity index (χ0n) is 28.0. The van der Waals surface area contributed by atoms with Crippen LogP contribution < -0.4 is 10.6 Å². The van der Waals surface area contributed by atoms with Gasteiger partial charge in [0, 0.05) is 29.4 Å². The van der Waals surface area contributed by atoms with E-state index in [4.69, 9.17) is 5.11 Å². The van der Waals surface area contributed by atoms with Crippen LogP contribution in [0.15, 0.2) is 67.4 Å². The van der Waals surface area contributed by atoms with Crippen LogP contribution in [-0.4, -0.2) is 115 Å². The molecule has 0 spiro atoms. The molecule has 22 nitrogen and oxygen atoms in total. The summed E-state index contributed by atoms with van der Waals surface area (Å²) >= 11 is 0. The molecule has 0 bridgehead atoms. The van der Waals surface area contributed by atoms with Crippen LogP contribution in [0.1, 0.15) is 11.1 Å². The number of azo groups is 1. The molecule has 3 aromatic carbocycles. The van der Waals surface area contributed by atoms with Gasteiger partial charge in [-0.25, -0.2) is 13.4 Å². The second kappa shape index (κ2) is 15.5. The van der Waals surface area contributed by atoms with Gasteiger partial charge in [0.25, 0.3) is 30.4 Å². The number of pyridine rings is 1. The number of hydrogen-bond donors (Lipinski definition) is 7. The molecule has 0 atom stereocenters. The lowest BCUT2D eigenvalue weighted by Crippen LogP contribution is -2.21. The Kier molecular flexibility index (Phi) is 11.5. The van der Waals surface area contributed by atoms with E-state index in [9.17, 15) is 57.7 Å². The number of nitrogens with zero attached hydrogens (tertiary/aromatic N) is 7. The standard InChI is InChI=1S/C29H29N9O13S4/c1-16-21(15-30)28(31-6-8-39)33-29(32-7-10-52(41,42)11-9-40)26(16)35-34-22-4-2-17(12-25(22)55(49,50)51)38-36-23-5-3-19-20(27(23)37-38)13-18(53(43,44)45)14-24(19)54(46,47)48/h2-5,12-14,39-40H,6-11H2,1H3,(H2,31,32,33)(H,43,44,45)(H,46,47,48)(H,49,50,51). The van der Waals surface area contributed by atoms with Crippen molar-refractivity contribution < 1.29 is 57.5 Å². The molecule has 55 heavy (non-hydrogen) atoms. The maximum atomic E-state index is 12.6. The third-order valence-electron chi connectivity index (χ3n) is 7.74. The molecule has 0 saturated carbocycles. The molecule has 0 aliphatic rings. The molecule has 26 heteroatoms. The Morgan fingerprint density at radius 2 is 1.45 bits per heavy atom. The number of rotatable bonds is 15. The SMILES string of the molecule is Cc1c(C#N)c(NCCO)nc(NCCS(=O)(=O)CCO)c1N=Nc1ccc(-n2nc3ccc4c(S(=O)(=O)O)cc(S(=O)(=O)O)cc4c3n2)cc1S(=O)(=O)O. The van der Waals surface area contributed by atoms with Crippen molar-refractivity contribution in [3.05, 3.63) is 53.6 Å². The molecule has 0 saturated heterocycles. The van der Waals surface area contributed by atoms with E-state index in [1.807, 2.05) is 6.07 Å². The maximum Gasteiger partial charge on any atom is 0.296 e. The topological polar surface area (TPSA) is 354 Å². The Labute approximate surface area is 312 Å². The summed E-state index contributed by atoms with van der Waals surface area (Å²) in [6.07, 6.45) is 0. The van der Waals surface area contributed by atoms with Gasteiger partial charge in [0.15, 0.2) is 15.7 Å². The van der Waals surface area contributed by atoms with E-state index in [0.717, 1.165) is 23.0 Å². The molecule has 5 rings (SSSR count). The average Bonchev–Trinajstić information content (AvgIpc) is 3.54. The number of hydrogen-bond acceptors (Lipinski definition) is 18. The van der Waals surface area contributed by atoms with Crippen LogP contribution in [0, 0.1) is 18.3 Å². The first kappa shape index (κ1) is 40.9. The lowest BCUT2D eigenvalue weighted by Gasteiger charge is -2.15. The van der Waals surface area contributed by atoms with Crippen molar-refractivity contribution >= 4 is 85.0 Å². The number of aliphatic hydroxyl groups excluding tert-OH is 2. The van der Waals surface area contributed by atoms with Gasteiger partial charge in [-0.2, -0.15) is 35.3 Å². The monoisotopic (exact) mass is 839 g/mol. The van der Waals surface area contributed by atoms with Gasteiger partial charge in [0.2, 0.25) is 0 Å². The number of benzene rings is 3. The molecule has 0 fully saturated rings. The summed E-state index contributed by atoms with van der Waals surface area (Å²) in [6, 6.07) is 9.11. The van der Waals surface area contributed by atoms with Gasteiger partial charge in [-0.1, -0.05) is 6.07 Å². The predicted octanol–water partition coefficient (Wildman–Crippen LogP) is 1.53. The van der Waals surface area contributed by atoms with Crippen molar-refractivity contribution in [3.63, 3.8) is 0 Å². The summed E-state index contributed by atoms with van der Waals surface area (Å²) in [5.41, 5.74) is -0.688. The van der Waals surface area contributed by atoms with E-state index >= 15 is 0 Å². The Morgan fingerprint density at radius 1 is 0.764 bits per heavy atom. The van der Waals surface area contributed by atoms with Crippen molar-refractivity contribution in [1.29, 1.82) is 5.26 Å². The van der Waals surface area contributed by atoms with E-state index in [0.29, 0.717) is 6.07 Å². The molecule has 0 aliphatic carbocycles. The molecule has 2 aromatic heterocycles. The lowest BCUT2D eigenvalue weighted by molar-refractivity contribution is 0.311. The maximum absolute atomic E-state index is 12.6. The second-order valence-corrected chi connectivity index (χ2v) is 17.9. The van der Waals surface area contributed by atoms with Crippen LogP contribution in [-0.2, 0) is 40.2 Å². The molecule has 0 unspecified atom stereocenters. The fraction of sp³-hybridized carbons (Fsp3) is 0.241. The number of aliphatic hydroxyl groups is 2. The molecule has 2 heterocycles. The van der Waals surface area contributed by atoms with Crippen molar-refractivity contribution in [2.45, 2.75) is 21.6 Å². The predicted molar refractivity (Wildman–Crippen MR) is 193 cm³/mol. The van der Waals surface area contributed by atoms with Gasteiger partial charge in [-0.3, -0.25) is 13.7 Å². The fourth-order valence-electron chi connectivity index (χ4n) is 5.20. The lowest BCUT2D eigenvalue weighted by atomic mass is 10.1. The van der Waals surface area contributed by atoms with Crippen molar-refractivity contribution in [2.75, 3.05) is 48.4 Å². The number of nitrogens with one attached hydrogen (secondary N) is 2. The number of fused-ring (bicyclic) bond motifs is 3. The molecular formula is C29H29N9O13S4. The van der Waals surface area contributed by atoms with E-state index < -0.39 is 78.7 Å². The van der Waals surface area contributed by atoms with Gasteiger partial charge in [0.1, 0.15) is 44.1 Å². The minimum atomic E-state index is -5.08. The Bertz CT molecular complexity index is 2870. The van der Waals surface area contributed by atoms with Crippen LogP contribution in [0.4, 0.5) is 23.0 Å². The average molecular weight is 840 g/mol. The van der Waals surface area contributed by atoms with Crippen molar-refractivity contribution in [3.8, 4) is 11.8 Å². The Morgan fingerprint density at radius 3 is 2.07 bits per heavy atom. The molecule has 0 radical (unpaired) electrons. The van der Waals surface area contributed by atoms with E-state index in [-0.39, 0.29) is 75.6 Å². The highest BCUT2D eigenvalue weighted by molar-refractivity contribution is 7.91. The van der Waals surface area contributed by atoms with Crippen molar-refractivity contribution in [2.24, 2.45) is 10.2 Å². The van der Waals surface area contributed by atoms with Gasteiger partial charge in [-0.15, -0.1) is 20.4 Å². The van der Waals surface area contributed by atoms with Crippen LogP contribution in [0.2, 0.25) is 0 Å². The van der Waals surface area contributed by atoms with Crippen molar-refractivity contribution in [1.82, 2.24) is 20.0 Å². The molecule has 0 amide bonds. The number of sulfone groups is 1. The summed E-state index contributed by atoms with van der Waals surface area (Å²) in [5.74, 6) is -1.02. The zero-order chi connectivity index (χ0) is 40.5. The normalized spacial score (nSPS) is 12.7. The minimum Gasteiger partial charge on any atom is -0.395 e. The highest BCUT2D eigenvalue weighted by atomic mass is 32.2. The Hall–Kier alpha value is -5.24. The smallest absolute Gasteiger partial charge is 0.296 e. The van der Waals surface area contributed by atoms with Crippen LogP contribution in [0.5, 0.6) is 0 Å². The molecule has 0 aliphatic heterocycles. The molecule has 5 aromatic rings. The first-order valence-electron chi connectivity index (χ1n) is 15.4. The molecule has 7 N–H and O–H groups in total. The summed E-state index contributed by atoms with van der Waals surface area (Å²) in [5, 5.41) is 49.8. The first-order chi connectivity index (χ1) is 25.7. The number of anilines is 2. The Balaban J connectivity index is 1.62. The second-order valence-electron chi connectivity index (χ2n) is 11.4. The summed E-state index contributed by atoms with van der Waals surface area (Å²) < 4.78 is 127. The van der Waals surface area contributed by atoms with Gasteiger partial charge in [0.05, 0.1) is 40.9 Å². The summed E-state index contributed by atoms with van der Waals surface area (Å²) in [6.45, 7) is 0.287. The van der Waals surface area contributed by atoms with Crippen LogP contribution in [0.3, 0.4) is 0 Å². The largest absolute Gasteiger partial charge is 0.395 e.